The number of hydrogen-bond acceptors (Lipinski definition) is 6. The lowest BCUT2D eigenvalue weighted by Crippen LogP contribution is -2.56. The lowest BCUT2D eigenvalue weighted by molar-refractivity contribution is -0.289. The third-order valence-electron chi connectivity index (χ3n) is 7.57. The maximum atomic E-state index is 13.3. The summed E-state index contributed by atoms with van der Waals surface area (Å²) >= 11 is 0. The van der Waals surface area contributed by atoms with Gasteiger partial charge in [-0.3, -0.25) is 0 Å². The molecule has 3 aromatic carbocycles. The van der Waals surface area contributed by atoms with E-state index in [1.165, 1.54) is 0 Å². The van der Waals surface area contributed by atoms with Gasteiger partial charge >= 0.3 is 11.9 Å². The average Bonchev–Trinajstić information content (AvgIpc) is 3.19. The van der Waals surface area contributed by atoms with Crippen LogP contribution in [0, 0.1) is 5.41 Å². The lowest BCUT2D eigenvalue weighted by Gasteiger charge is -2.50. The van der Waals surface area contributed by atoms with E-state index in [2.05, 4.69) is 0 Å². The molecule has 3 aromatic rings. The third kappa shape index (κ3) is 3.71. The van der Waals surface area contributed by atoms with Crippen LogP contribution in [0.4, 0.5) is 0 Å². The summed E-state index contributed by atoms with van der Waals surface area (Å²) in [6, 6.07) is 22.8. The topological polar surface area (TPSA) is 71.1 Å². The number of rotatable bonds is 4. The average molecular weight is 495 g/mol. The predicted octanol–water partition coefficient (Wildman–Crippen LogP) is 5.46. The van der Waals surface area contributed by atoms with Gasteiger partial charge in [0.15, 0.2) is 0 Å². The molecule has 0 unspecified atom stereocenters. The van der Waals surface area contributed by atoms with Crippen LogP contribution in [-0.2, 0) is 31.3 Å². The molecule has 2 aliphatic heterocycles. The second-order valence-electron chi connectivity index (χ2n) is 9.75. The van der Waals surface area contributed by atoms with E-state index in [-0.39, 0.29) is 0 Å². The standard InChI is InChI=1S/C31H26O6/c1-34-25-11-7-20(8-12-25)15-23-18-30-17-22-5-3-4-6-27(22)31(30,36-28(23)32)37-29(33)24(19-30)16-21-9-13-26(35-2)14-10-21/h3-16H,17-19H2,1-2H3/b23-15+,24-16+. The maximum absolute atomic E-state index is 13.3. The van der Waals surface area contributed by atoms with Crippen LogP contribution in [0.1, 0.15) is 35.1 Å². The molecular weight excluding hydrogens is 468 g/mol. The van der Waals surface area contributed by atoms with E-state index >= 15 is 0 Å². The zero-order valence-corrected chi connectivity index (χ0v) is 20.7. The minimum atomic E-state index is -1.44. The Balaban J connectivity index is 1.42. The highest BCUT2D eigenvalue weighted by Crippen LogP contribution is 2.64. The monoisotopic (exact) mass is 494 g/mol. The van der Waals surface area contributed by atoms with E-state index in [9.17, 15) is 9.59 Å². The Morgan fingerprint density at radius 3 is 1.65 bits per heavy atom. The summed E-state index contributed by atoms with van der Waals surface area (Å²) < 4.78 is 22.8. The number of carbonyl (C=O) groups excluding carboxylic acids is 2. The van der Waals surface area contributed by atoms with Gasteiger partial charge in [-0.25, -0.2) is 9.59 Å². The van der Waals surface area contributed by atoms with Gasteiger partial charge in [0.05, 0.1) is 19.6 Å². The zero-order chi connectivity index (χ0) is 25.6. The fourth-order valence-corrected chi connectivity index (χ4v) is 5.82. The summed E-state index contributed by atoms with van der Waals surface area (Å²) in [7, 11) is 3.23. The number of hydrogen-bond donors (Lipinski definition) is 0. The molecule has 0 aromatic heterocycles. The van der Waals surface area contributed by atoms with Gasteiger partial charge in [0, 0.05) is 16.7 Å². The molecule has 6 nitrogen and oxygen atoms in total. The molecule has 1 aliphatic carbocycles. The molecule has 37 heavy (non-hydrogen) atoms. The number of ether oxygens (including phenoxy) is 4. The van der Waals surface area contributed by atoms with Crippen molar-refractivity contribution in [2.24, 2.45) is 5.41 Å². The van der Waals surface area contributed by atoms with Gasteiger partial charge in [-0.2, -0.15) is 0 Å². The molecule has 6 heteroatoms. The molecule has 0 N–H and O–H groups in total. The number of carbonyl (C=O) groups is 2. The highest BCUT2D eigenvalue weighted by atomic mass is 16.7. The number of methoxy groups -OCH3 is 2. The fraction of sp³-hybridized carbons (Fsp3) is 0.226. The molecule has 2 heterocycles. The molecule has 0 saturated carbocycles. The van der Waals surface area contributed by atoms with Crippen LogP contribution in [0.5, 0.6) is 11.5 Å². The van der Waals surface area contributed by atoms with Gasteiger partial charge in [0.2, 0.25) is 0 Å². The summed E-state index contributed by atoms with van der Waals surface area (Å²) in [6.45, 7) is 0. The van der Waals surface area contributed by atoms with E-state index in [4.69, 9.17) is 18.9 Å². The summed E-state index contributed by atoms with van der Waals surface area (Å²) in [5.41, 5.74) is 3.98. The normalized spacial score (nSPS) is 26.1. The first kappa shape index (κ1) is 23.1. The van der Waals surface area contributed by atoms with E-state index in [1.807, 2.05) is 84.9 Å². The first-order chi connectivity index (χ1) is 17.9. The Morgan fingerprint density at radius 2 is 1.16 bits per heavy atom. The smallest absolute Gasteiger partial charge is 0.337 e. The number of benzene rings is 3. The van der Waals surface area contributed by atoms with Crippen molar-refractivity contribution in [3.8, 4) is 11.5 Å². The van der Waals surface area contributed by atoms with E-state index in [1.54, 1.807) is 14.2 Å². The van der Waals surface area contributed by atoms with Gasteiger partial charge in [0.1, 0.15) is 11.5 Å². The van der Waals surface area contributed by atoms with Crippen LogP contribution in [0.3, 0.4) is 0 Å². The summed E-state index contributed by atoms with van der Waals surface area (Å²) in [6.07, 6.45) is 5.17. The second kappa shape index (κ2) is 8.66. The highest BCUT2D eigenvalue weighted by molar-refractivity contribution is 5.98. The minimum Gasteiger partial charge on any atom is -0.497 e. The van der Waals surface area contributed by atoms with Crippen LogP contribution < -0.4 is 9.47 Å². The van der Waals surface area contributed by atoms with E-state index in [0.717, 1.165) is 33.8 Å². The van der Waals surface area contributed by atoms with E-state index < -0.39 is 23.1 Å². The van der Waals surface area contributed by atoms with Crippen LogP contribution >= 0.6 is 0 Å². The van der Waals surface area contributed by atoms with Crippen molar-refractivity contribution in [1.29, 1.82) is 0 Å². The third-order valence-corrected chi connectivity index (χ3v) is 7.57. The van der Waals surface area contributed by atoms with Crippen LogP contribution in [0.15, 0.2) is 83.9 Å². The molecule has 0 bridgehead atoms. The van der Waals surface area contributed by atoms with Crippen LogP contribution in [0.2, 0.25) is 0 Å². The summed E-state index contributed by atoms with van der Waals surface area (Å²) in [5.74, 6) is -0.904. The largest absolute Gasteiger partial charge is 0.497 e. The van der Waals surface area contributed by atoms with Crippen molar-refractivity contribution in [2.75, 3.05) is 14.2 Å². The molecular formula is C31H26O6. The van der Waals surface area contributed by atoms with Crippen molar-refractivity contribution in [2.45, 2.75) is 25.0 Å². The molecule has 0 radical (unpaired) electrons. The van der Waals surface area contributed by atoms with Gasteiger partial charge < -0.3 is 18.9 Å². The van der Waals surface area contributed by atoms with Crippen LogP contribution in [0.25, 0.3) is 12.2 Å². The lowest BCUT2D eigenvalue weighted by atomic mass is 9.67. The van der Waals surface area contributed by atoms with Crippen molar-refractivity contribution in [1.82, 2.24) is 0 Å². The molecule has 2 fully saturated rings. The Bertz CT molecular complexity index is 1360. The Morgan fingerprint density at radius 1 is 0.676 bits per heavy atom. The summed E-state index contributed by atoms with van der Waals surface area (Å²) in [5, 5.41) is 0. The number of fused-ring (bicyclic) bond motifs is 1. The second-order valence-corrected chi connectivity index (χ2v) is 9.75. The minimum absolute atomic E-state index is 0.416. The molecule has 2 saturated heterocycles. The van der Waals surface area contributed by atoms with Crippen molar-refractivity contribution < 1.29 is 28.5 Å². The summed E-state index contributed by atoms with van der Waals surface area (Å²) in [4.78, 5) is 26.7. The van der Waals surface area contributed by atoms with Crippen molar-refractivity contribution in [3.63, 3.8) is 0 Å². The molecule has 0 amide bonds. The van der Waals surface area contributed by atoms with Gasteiger partial charge in [-0.05, 0) is 72.4 Å². The Hall–Kier alpha value is -4.32. The van der Waals surface area contributed by atoms with Gasteiger partial charge in [-0.15, -0.1) is 0 Å². The Labute approximate surface area is 215 Å². The van der Waals surface area contributed by atoms with Gasteiger partial charge in [-0.1, -0.05) is 48.5 Å². The van der Waals surface area contributed by atoms with Crippen molar-refractivity contribution >= 4 is 24.1 Å². The molecule has 6 rings (SSSR count). The predicted molar refractivity (Wildman–Crippen MR) is 138 cm³/mol. The first-order valence-electron chi connectivity index (χ1n) is 12.2. The number of esters is 2. The highest BCUT2D eigenvalue weighted by Gasteiger charge is 2.69. The molecule has 186 valence electrons. The molecule has 3 aliphatic rings. The SMILES string of the molecule is COc1ccc(/C=C2\CC34C/C(=C\c5ccc(OC)cc5)C(=O)OC3(OC2=O)c2ccccc2C4)cc1. The van der Waals surface area contributed by atoms with E-state index in [0.29, 0.717) is 30.4 Å². The molecule has 0 spiro atoms. The van der Waals surface area contributed by atoms with Crippen LogP contribution in [-0.4, -0.2) is 26.2 Å². The zero-order valence-electron chi connectivity index (χ0n) is 20.7. The van der Waals surface area contributed by atoms with Crippen molar-refractivity contribution in [3.05, 3.63) is 106 Å². The first-order valence-corrected chi connectivity index (χ1v) is 12.2. The van der Waals surface area contributed by atoms with Gasteiger partial charge in [0.25, 0.3) is 5.79 Å². The quantitative estimate of drug-likeness (QED) is 0.354. The maximum Gasteiger partial charge on any atom is 0.337 e. The fourth-order valence-electron chi connectivity index (χ4n) is 5.82. The molecule has 0 atom stereocenters. The Kier molecular flexibility index (Phi) is 5.41.